The van der Waals surface area contributed by atoms with E-state index in [1.54, 1.807) is 6.07 Å². The smallest absolute Gasteiger partial charge is 0.258 e. The van der Waals surface area contributed by atoms with Gasteiger partial charge in [0.1, 0.15) is 0 Å². The summed E-state index contributed by atoms with van der Waals surface area (Å²) in [5, 5.41) is 18.6. The first-order chi connectivity index (χ1) is 7.47. The largest absolute Gasteiger partial charge is 0.269 e. The molecule has 0 aliphatic rings. The standard InChI is InChI=1S/C9H8N2O4S/c10-6-1-7-16(14,15)9-4-2-8(3-5-9)11(12)13/h2-5H,1,7H2. The van der Waals surface area contributed by atoms with Crippen molar-refractivity contribution in [3.05, 3.63) is 34.4 Å². The Morgan fingerprint density at radius 1 is 1.31 bits per heavy atom. The van der Waals surface area contributed by atoms with Crippen molar-refractivity contribution in [1.29, 1.82) is 5.26 Å². The quantitative estimate of drug-likeness (QED) is 0.582. The number of nitriles is 1. The van der Waals surface area contributed by atoms with Gasteiger partial charge in [-0.3, -0.25) is 10.1 Å². The van der Waals surface area contributed by atoms with Crippen LogP contribution >= 0.6 is 0 Å². The molecule has 0 saturated heterocycles. The Bertz CT molecular complexity index is 528. The van der Waals surface area contributed by atoms with E-state index >= 15 is 0 Å². The summed E-state index contributed by atoms with van der Waals surface area (Å²) in [5.74, 6) is -0.276. The summed E-state index contributed by atoms with van der Waals surface area (Å²) in [6.45, 7) is 0. The lowest BCUT2D eigenvalue weighted by molar-refractivity contribution is -0.384. The monoisotopic (exact) mass is 240 g/mol. The lowest BCUT2D eigenvalue weighted by atomic mass is 10.3. The Hall–Kier alpha value is -1.94. The molecule has 0 aliphatic carbocycles. The van der Waals surface area contributed by atoms with Crippen molar-refractivity contribution in [3.63, 3.8) is 0 Å². The van der Waals surface area contributed by atoms with Gasteiger partial charge in [0.15, 0.2) is 9.84 Å². The highest BCUT2D eigenvalue weighted by molar-refractivity contribution is 7.91. The minimum Gasteiger partial charge on any atom is -0.258 e. The van der Waals surface area contributed by atoms with E-state index in [9.17, 15) is 18.5 Å². The van der Waals surface area contributed by atoms with Crippen LogP contribution in [0, 0.1) is 21.4 Å². The van der Waals surface area contributed by atoms with Crippen LogP contribution in [0.25, 0.3) is 0 Å². The second-order valence-corrected chi connectivity index (χ2v) is 5.09. The highest BCUT2D eigenvalue weighted by atomic mass is 32.2. The van der Waals surface area contributed by atoms with Gasteiger partial charge in [-0.1, -0.05) is 0 Å². The van der Waals surface area contributed by atoms with E-state index < -0.39 is 14.8 Å². The zero-order chi connectivity index (χ0) is 12.2. The third-order valence-corrected chi connectivity index (χ3v) is 3.62. The van der Waals surface area contributed by atoms with Gasteiger partial charge in [0, 0.05) is 18.6 Å². The summed E-state index contributed by atoms with van der Waals surface area (Å²) in [4.78, 5) is 9.74. The molecule has 7 heteroatoms. The molecule has 84 valence electrons. The summed E-state index contributed by atoms with van der Waals surface area (Å²) < 4.78 is 23.1. The molecule has 0 aliphatic heterocycles. The molecule has 0 unspecified atom stereocenters. The molecule has 0 radical (unpaired) electrons. The minimum absolute atomic E-state index is 0.00616. The molecule has 6 nitrogen and oxygen atoms in total. The van der Waals surface area contributed by atoms with Crippen LogP contribution in [0.4, 0.5) is 5.69 Å². The zero-order valence-corrected chi connectivity index (χ0v) is 8.98. The van der Waals surface area contributed by atoms with Gasteiger partial charge in [0.2, 0.25) is 0 Å². The topological polar surface area (TPSA) is 101 Å². The van der Waals surface area contributed by atoms with E-state index in [0.717, 1.165) is 12.1 Å². The highest BCUT2D eigenvalue weighted by Gasteiger charge is 2.15. The van der Waals surface area contributed by atoms with Crippen molar-refractivity contribution in [2.75, 3.05) is 5.75 Å². The summed E-state index contributed by atoms with van der Waals surface area (Å²) in [6, 6.07) is 6.33. The molecule has 0 N–H and O–H groups in total. The van der Waals surface area contributed by atoms with Crippen LogP contribution in [-0.2, 0) is 9.84 Å². The molecule has 0 atom stereocenters. The third-order valence-electron chi connectivity index (χ3n) is 1.89. The average Bonchev–Trinajstić information content (AvgIpc) is 2.26. The number of benzene rings is 1. The van der Waals surface area contributed by atoms with E-state index in [-0.39, 0.29) is 22.8 Å². The van der Waals surface area contributed by atoms with E-state index in [1.807, 2.05) is 0 Å². The number of nitrogens with zero attached hydrogens (tertiary/aromatic N) is 2. The SMILES string of the molecule is N#CCCS(=O)(=O)c1ccc([N+](=O)[O-])cc1. The third kappa shape index (κ3) is 2.77. The summed E-state index contributed by atoms with van der Waals surface area (Å²) >= 11 is 0. The van der Waals surface area contributed by atoms with Crippen LogP contribution in [-0.4, -0.2) is 19.1 Å². The second-order valence-electron chi connectivity index (χ2n) is 2.98. The maximum Gasteiger partial charge on any atom is 0.269 e. The average molecular weight is 240 g/mol. The van der Waals surface area contributed by atoms with Crippen LogP contribution in [0.5, 0.6) is 0 Å². The number of nitro groups is 1. The number of hydrogen-bond acceptors (Lipinski definition) is 5. The molecule has 1 rings (SSSR count). The molecule has 0 amide bonds. The van der Waals surface area contributed by atoms with Gasteiger partial charge in [-0.15, -0.1) is 0 Å². The molecule has 0 fully saturated rings. The van der Waals surface area contributed by atoms with Gasteiger partial charge < -0.3 is 0 Å². The number of sulfone groups is 1. The van der Waals surface area contributed by atoms with Gasteiger partial charge in [-0.2, -0.15) is 5.26 Å². The van der Waals surface area contributed by atoms with E-state index in [2.05, 4.69) is 0 Å². The van der Waals surface area contributed by atoms with E-state index in [0.29, 0.717) is 0 Å². The van der Waals surface area contributed by atoms with E-state index in [1.165, 1.54) is 12.1 Å². The summed E-state index contributed by atoms with van der Waals surface area (Å²) in [6.07, 6.45) is -0.0979. The van der Waals surface area contributed by atoms with Crippen molar-refractivity contribution < 1.29 is 13.3 Å². The van der Waals surface area contributed by atoms with Crippen LogP contribution in [0.15, 0.2) is 29.2 Å². The van der Waals surface area contributed by atoms with Crippen molar-refractivity contribution in [3.8, 4) is 6.07 Å². The Balaban J connectivity index is 2.98. The lowest BCUT2D eigenvalue weighted by Gasteiger charge is -2.00. The summed E-state index contributed by atoms with van der Waals surface area (Å²) in [5.41, 5.74) is -0.167. The van der Waals surface area contributed by atoms with Crippen molar-refractivity contribution in [2.24, 2.45) is 0 Å². The Morgan fingerprint density at radius 3 is 2.31 bits per heavy atom. The molecule has 0 spiro atoms. The van der Waals surface area contributed by atoms with Crippen LogP contribution in [0.2, 0.25) is 0 Å². The maximum absolute atomic E-state index is 11.6. The molecule has 0 aromatic heterocycles. The number of nitro benzene ring substituents is 1. The molecular formula is C9H8N2O4S. The van der Waals surface area contributed by atoms with Crippen LogP contribution < -0.4 is 0 Å². The number of hydrogen-bond donors (Lipinski definition) is 0. The predicted molar refractivity (Wildman–Crippen MR) is 55.4 cm³/mol. The molecule has 1 aromatic rings. The normalized spacial score (nSPS) is 10.7. The Morgan fingerprint density at radius 2 is 1.88 bits per heavy atom. The second kappa shape index (κ2) is 4.72. The number of non-ortho nitro benzene ring substituents is 1. The van der Waals surface area contributed by atoms with Gasteiger partial charge in [-0.25, -0.2) is 8.42 Å². The zero-order valence-electron chi connectivity index (χ0n) is 8.16. The maximum atomic E-state index is 11.6. The first-order valence-electron chi connectivity index (χ1n) is 4.31. The molecule has 0 heterocycles. The molecule has 1 aromatic carbocycles. The predicted octanol–water partition coefficient (Wildman–Crippen LogP) is 1.28. The first-order valence-corrected chi connectivity index (χ1v) is 5.97. The molecule has 0 bridgehead atoms. The Kier molecular flexibility index (Phi) is 3.58. The van der Waals surface area contributed by atoms with Crippen molar-refractivity contribution in [1.82, 2.24) is 0 Å². The lowest BCUT2D eigenvalue weighted by Crippen LogP contribution is -2.06. The molecular weight excluding hydrogens is 232 g/mol. The fourth-order valence-corrected chi connectivity index (χ4v) is 2.22. The van der Waals surface area contributed by atoms with Crippen molar-refractivity contribution in [2.45, 2.75) is 11.3 Å². The van der Waals surface area contributed by atoms with Gasteiger partial charge in [0.05, 0.1) is 21.6 Å². The fourth-order valence-electron chi connectivity index (χ4n) is 1.07. The minimum atomic E-state index is -3.51. The van der Waals surface area contributed by atoms with E-state index in [4.69, 9.17) is 5.26 Å². The van der Waals surface area contributed by atoms with Gasteiger partial charge in [-0.05, 0) is 12.1 Å². The molecule has 16 heavy (non-hydrogen) atoms. The number of rotatable bonds is 4. The summed E-state index contributed by atoms with van der Waals surface area (Å²) in [7, 11) is -3.51. The van der Waals surface area contributed by atoms with Crippen LogP contribution in [0.1, 0.15) is 6.42 Å². The highest BCUT2D eigenvalue weighted by Crippen LogP contribution is 2.17. The first kappa shape index (κ1) is 12.1. The van der Waals surface area contributed by atoms with Gasteiger partial charge >= 0.3 is 0 Å². The van der Waals surface area contributed by atoms with Gasteiger partial charge in [0.25, 0.3) is 5.69 Å². The Labute approximate surface area is 92.2 Å². The molecule has 0 saturated carbocycles. The fraction of sp³-hybridized carbons (Fsp3) is 0.222. The van der Waals surface area contributed by atoms with Crippen molar-refractivity contribution >= 4 is 15.5 Å². The van der Waals surface area contributed by atoms with Crippen LogP contribution in [0.3, 0.4) is 0 Å².